The highest BCUT2D eigenvalue weighted by molar-refractivity contribution is 6.28. The highest BCUT2D eigenvalue weighted by Gasteiger charge is 2.48. The van der Waals surface area contributed by atoms with Gasteiger partial charge in [0.25, 0.3) is 0 Å². The van der Waals surface area contributed by atoms with Gasteiger partial charge in [-0.25, -0.2) is 4.98 Å². The van der Waals surface area contributed by atoms with E-state index in [0.29, 0.717) is 30.1 Å². The Bertz CT molecular complexity index is 772. The molecule has 0 radical (unpaired) electrons. The summed E-state index contributed by atoms with van der Waals surface area (Å²) in [5.41, 5.74) is 0. The maximum Gasteiger partial charge on any atom is 0.311 e. The molecule has 0 unspecified atom stereocenters. The Kier molecular flexibility index (Phi) is 4.85. The number of ether oxygens (including phenoxy) is 1. The number of anilines is 1. The number of nitrogens with zero attached hydrogens (tertiary/aromatic N) is 3. The lowest BCUT2D eigenvalue weighted by Gasteiger charge is -2.47. The fourth-order valence-corrected chi connectivity index (χ4v) is 4.68. The van der Waals surface area contributed by atoms with Gasteiger partial charge in [0, 0.05) is 24.5 Å². The van der Waals surface area contributed by atoms with E-state index in [1.54, 1.807) is 0 Å². The van der Waals surface area contributed by atoms with E-state index in [2.05, 4.69) is 15.3 Å². The van der Waals surface area contributed by atoms with E-state index in [9.17, 15) is 4.79 Å². The summed E-state index contributed by atoms with van der Waals surface area (Å²) < 4.78 is 7.25. The van der Waals surface area contributed by atoms with E-state index < -0.39 is 0 Å². The lowest BCUT2D eigenvalue weighted by atomic mass is 9.61. The Morgan fingerprint density at radius 1 is 1.23 bits per heavy atom. The molecular formula is C19H23ClN4O2. The first kappa shape index (κ1) is 17.3. The number of carbonyl (C=O) groups is 1. The van der Waals surface area contributed by atoms with Crippen LogP contribution < -0.4 is 5.32 Å². The molecule has 1 N–H and O–H groups in total. The summed E-state index contributed by atoms with van der Waals surface area (Å²) in [7, 11) is 0. The van der Waals surface area contributed by atoms with Gasteiger partial charge < -0.3 is 14.6 Å². The minimum Gasteiger partial charge on any atom is -0.466 e. The van der Waals surface area contributed by atoms with Crippen LogP contribution in [0.2, 0.25) is 5.28 Å². The summed E-state index contributed by atoms with van der Waals surface area (Å²) in [6, 6.07) is 5.76. The summed E-state index contributed by atoms with van der Waals surface area (Å²) in [6.07, 6.45) is 8.30. The molecule has 0 aliphatic heterocycles. The molecule has 3 aliphatic carbocycles. The standard InChI is InChI=1S/C19H23ClN4O2/c1-2-26-18(25)16-12-5-7-13(8-6-12)17(16)21-14-11-15(23-19(20)22-14)24-9-3-4-10-24/h3-4,9-13,16-17H,2,5-8H2,1H3,(H,21,22,23)/t12?,13?,16-,17-/m1/s1. The Balaban J connectivity index is 1.61. The Morgan fingerprint density at radius 3 is 2.62 bits per heavy atom. The summed E-state index contributed by atoms with van der Waals surface area (Å²) in [4.78, 5) is 21.2. The summed E-state index contributed by atoms with van der Waals surface area (Å²) in [5, 5.41) is 3.68. The minimum absolute atomic E-state index is 0.0324. The third kappa shape index (κ3) is 3.30. The lowest BCUT2D eigenvalue weighted by Crippen LogP contribution is -2.52. The normalized spacial score (nSPS) is 27.3. The largest absolute Gasteiger partial charge is 0.466 e. The number of halogens is 1. The van der Waals surface area contributed by atoms with E-state index in [0.717, 1.165) is 25.7 Å². The van der Waals surface area contributed by atoms with Crippen LogP contribution in [0.3, 0.4) is 0 Å². The maximum absolute atomic E-state index is 12.6. The van der Waals surface area contributed by atoms with Gasteiger partial charge in [-0.1, -0.05) is 0 Å². The fraction of sp³-hybridized carbons (Fsp3) is 0.526. The first-order chi connectivity index (χ1) is 12.7. The second kappa shape index (κ2) is 7.27. The first-order valence-electron chi connectivity index (χ1n) is 9.27. The van der Waals surface area contributed by atoms with E-state index in [-0.39, 0.29) is 23.2 Å². The Hall–Kier alpha value is -2.08. The molecule has 3 aliphatic rings. The predicted molar refractivity (Wildman–Crippen MR) is 99.4 cm³/mol. The van der Waals surface area contributed by atoms with Crippen molar-refractivity contribution in [2.75, 3.05) is 11.9 Å². The van der Waals surface area contributed by atoms with Gasteiger partial charge in [-0.15, -0.1) is 0 Å². The number of hydrogen-bond donors (Lipinski definition) is 1. The average molecular weight is 375 g/mol. The summed E-state index contributed by atoms with van der Waals surface area (Å²) in [5.74, 6) is 1.99. The molecule has 5 rings (SSSR count). The van der Waals surface area contributed by atoms with Crippen LogP contribution in [0.25, 0.3) is 5.82 Å². The number of rotatable bonds is 5. The topological polar surface area (TPSA) is 69.0 Å². The molecule has 0 spiro atoms. The monoisotopic (exact) mass is 374 g/mol. The zero-order valence-corrected chi connectivity index (χ0v) is 15.5. The van der Waals surface area contributed by atoms with Crippen molar-refractivity contribution in [3.05, 3.63) is 35.9 Å². The van der Waals surface area contributed by atoms with Gasteiger partial charge in [-0.05, 0) is 68.2 Å². The number of fused-ring (bicyclic) bond motifs is 3. The Morgan fingerprint density at radius 2 is 1.92 bits per heavy atom. The number of aromatic nitrogens is 3. The van der Waals surface area contributed by atoms with Gasteiger partial charge in [-0.2, -0.15) is 4.98 Å². The molecule has 26 heavy (non-hydrogen) atoms. The quantitative estimate of drug-likeness (QED) is 0.638. The summed E-state index contributed by atoms with van der Waals surface area (Å²) >= 11 is 6.15. The zero-order valence-electron chi connectivity index (χ0n) is 14.8. The smallest absolute Gasteiger partial charge is 0.311 e. The van der Waals surface area contributed by atoms with Crippen molar-refractivity contribution in [3.8, 4) is 5.82 Å². The van der Waals surface area contributed by atoms with Gasteiger partial charge in [-0.3, -0.25) is 4.79 Å². The van der Waals surface area contributed by atoms with Gasteiger partial charge in [0.1, 0.15) is 11.6 Å². The SMILES string of the molecule is CCOC(=O)[C@@H]1C2CCC(CC2)[C@H]1Nc1cc(-n2cccc2)nc(Cl)n1. The summed E-state index contributed by atoms with van der Waals surface area (Å²) in [6.45, 7) is 2.27. The number of hydrogen-bond acceptors (Lipinski definition) is 5. The molecule has 7 heteroatoms. The average Bonchev–Trinajstić information content (AvgIpc) is 3.17. The minimum atomic E-state index is -0.119. The molecule has 2 heterocycles. The van der Waals surface area contributed by atoms with Crippen LogP contribution in [-0.4, -0.2) is 33.2 Å². The second-order valence-corrected chi connectivity index (χ2v) is 7.43. The van der Waals surface area contributed by atoms with Crippen LogP contribution in [0.4, 0.5) is 5.82 Å². The molecule has 3 fully saturated rings. The van der Waals surface area contributed by atoms with Crippen LogP contribution in [0.5, 0.6) is 0 Å². The molecule has 0 aromatic carbocycles. The first-order valence-corrected chi connectivity index (χ1v) is 9.64. The lowest BCUT2D eigenvalue weighted by molar-refractivity contribution is -0.154. The Labute approximate surface area is 157 Å². The van der Waals surface area contributed by atoms with Crippen molar-refractivity contribution in [2.45, 2.75) is 38.6 Å². The van der Waals surface area contributed by atoms with E-state index in [1.165, 1.54) is 0 Å². The second-order valence-electron chi connectivity index (χ2n) is 7.09. The van der Waals surface area contributed by atoms with E-state index in [1.807, 2.05) is 42.1 Å². The molecule has 0 amide bonds. The molecule has 2 bridgehead atoms. The molecule has 2 aromatic heterocycles. The third-order valence-corrected chi connectivity index (χ3v) is 5.82. The highest BCUT2D eigenvalue weighted by atomic mass is 35.5. The van der Waals surface area contributed by atoms with Crippen molar-refractivity contribution in [3.63, 3.8) is 0 Å². The molecule has 2 atom stereocenters. The molecule has 6 nitrogen and oxygen atoms in total. The van der Waals surface area contributed by atoms with Crippen LogP contribution >= 0.6 is 11.6 Å². The van der Waals surface area contributed by atoms with Gasteiger partial charge in [0.15, 0.2) is 0 Å². The van der Waals surface area contributed by atoms with E-state index in [4.69, 9.17) is 16.3 Å². The zero-order chi connectivity index (χ0) is 18.1. The molecule has 0 saturated heterocycles. The molecular weight excluding hydrogens is 352 g/mol. The van der Waals surface area contributed by atoms with Crippen molar-refractivity contribution in [2.24, 2.45) is 17.8 Å². The third-order valence-electron chi connectivity index (χ3n) is 5.65. The fourth-order valence-electron chi connectivity index (χ4n) is 4.50. The molecule has 2 aromatic rings. The van der Waals surface area contributed by atoms with Crippen molar-refractivity contribution in [1.29, 1.82) is 0 Å². The van der Waals surface area contributed by atoms with E-state index >= 15 is 0 Å². The van der Waals surface area contributed by atoms with Crippen LogP contribution in [0, 0.1) is 17.8 Å². The predicted octanol–water partition coefficient (Wildman–Crippen LogP) is 3.70. The van der Waals surface area contributed by atoms with Gasteiger partial charge >= 0.3 is 5.97 Å². The number of esters is 1. The molecule has 138 valence electrons. The van der Waals surface area contributed by atoms with Crippen molar-refractivity contribution >= 4 is 23.4 Å². The van der Waals surface area contributed by atoms with Gasteiger partial charge in [0.05, 0.1) is 12.5 Å². The van der Waals surface area contributed by atoms with Crippen molar-refractivity contribution in [1.82, 2.24) is 14.5 Å². The van der Waals surface area contributed by atoms with Crippen LogP contribution in [-0.2, 0) is 9.53 Å². The number of nitrogens with one attached hydrogen (secondary N) is 1. The number of carbonyl (C=O) groups excluding carboxylic acids is 1. The highest BCUT2D eigenvalue weighted by Crippen LogP contribution is 2.46. The van der Waals surface area contributed by atoms with Crippen molar-refractivity contribution < 1.29 is 9.53 Å². The molecule has 3 saturated carbocycles. The van der Waals surface area contributed by atoms with Crippen LogP contribution in [0.1, 0.15) is 32.6 Å². The maximum atomic E-state index is 12.6. The van der Waals surface area contributed by atoms with Crippen LogP contribution in [0.15, 0.2) is 30.6 Å². The van der Waals surface area contributed by atoms with Gasteiger partial charge in [0.2, 0.25) is 5.28 Å².